The Bertz CT molecular complexity index is 352. The number of hydrogen-bond donors (Lipinski definition) is 1. The van der Waals surface area contributed by atoms with Crippen molar-refractivity contribution in [3.63, 3.8) is 0 Å². The van der Waals surface area contributed by atoms with Gasteiger partial charge < -0.3 is 5.73 Å². The summed E-state index contributed by atoms with van der Waals surface area (Å²) in [5, 5.41) is 0.528. The van der Waals surface area contributed by atoms with Crippen LogP contribution in [0.4, 0.5) is 4.39 Å². The smallest absolute Gasteiger partial charge is 0.127 e. The molecule has 1 aromatic carbocycles. The van der Waals surface area contributed by atoms with E-state index in [1.54, 1.807) is 12.1 Å². The lowest BCUT2D eigenvalue weighted by Gasteiger charge is -2.27. The van der Waals surface area contributed by atoms with Crippen LogP contribution in [-0.4, -0.2) is 6.54 Å². The maximum atomic E-state index is 13.7. The summed E-state index contributed by atoms with van der Waals surface area (Å²) in [6.07, 6.45) is 5.25. The normalized spacial score (nSPS) is 18.9. The minimum Gasteiger partial charge on any atom is -0.330 e. The molecule has 1 nitrogen and oxygen atoms in total. The van der Waals surface area contributed by atoms with Crippen LogP contribution in [0.15, 0.2) is 18.2 Å². The van der Waals surface area contributed by atoms with E-state index in [9.17, 15) is 4.39 Å². The fraction of sp³-hybridized carbons (Fsp3) is 0.538. The monoisotopic (exact) mass is 241 g/mol. The highest BCUT2D eigenvalue weighted by molar-refractivity contribution is 6.31. The molecule has 0 unspecified atom stereocenters. The summed E-state index contributed by atoms with van der Waals surface area (Å²) < 4.78 is 13.7. The van der Waals surface area contributed by atoms with E-state index in [2.05, 4.69) is 0 Å². The summed E-state index contributed by atoms with van der Waals surface area (Å²) in [5.41, 5.74) is 6.56. The molecule has 0 atom stereocenters. The van der Waals surface area contributed by atoms with Crippen LogP contribution < -0.4 is 5.73 Å². The summed E-state index contributed by atoms with van der Waals surface area (Å²) in [5.74, 6) is -0.202. The number of rotatable bonds is 3. The first kappa shape index (κ1) is 11.9. The molecule has 0 spiro atoms. The van der Waals surface area contributed by atoms with Gasteiger partial charge in [-0.05, 0) is 43.4 Å². The zero-order valence-electron chi connectivity index (χ0n) is 9.31. The van der Waals surface area contributed by atoms with Gasteiger partial charge in [0.1, 0.15) is 5.82 Å². The molecule has 1 aromatic rings. The van der Waals surface area contributed by atoms with Crippen molar-refractivity contribution >= 4 is 11.6 Å². The number of halogens is 2. The third-order valence-corrected chi connectivity index (χ3v) is 4.06. The molecule has 0 bridgehead atoms. The zero-order valence-corrected chi connectivity index (χ0v) is 10.1. The van der Waals surface area contributed by atoms with Crippen LogP contribution in [-0.2, 0) is 6.42 Å². The molecule has 3 heteroatoms. The predicted molar refractivity (Wildman–Crippen MR) is 65.1 cm³/mol. The maximum Gasteiger partial charge on any atom is 0.127 e. The molecule has 2 rings (SSSR count). The number of nitrogens with two attached hydrogens (primary N) is 1. The van der Waals surface area contributed by atoms with Crippen LogP contribution in [0.25, 0.3) is 0 Å². The topological polar surface area (TPSA) is 26.0 Å². The first-order valence-corrected chi connectivity index (χ1v) is 6.18. The molecule has 0 heterocycles. The molecule has 0 radical (unpaired) electrons. The zero-order chi connectivity index (χ0) is 11.6. The second kappa shape index (κ2) is 4.72. The highest BCUT2D eigenvalue weighted by Crippen LogP contribution is 2.41. The van der Waals surface area contributed by atoms with Crippen LogP contribution in [0.3, 0.4) is 0 Å². The van der Waals surface area contributed by atoms with Gasteiger partial charge in [-0.3, -0.25) is 0 Å². The summed E-state index contributed by atoms with van der Waals surface area (Å²) in [6, 6.07) is 4.87. The summed E-state index contributed by atoms with van der Waals surface area (Å²) >= 11 is 6.05. The SMILES string of the molecule is NCC1(Cc2c(F)cccc2Cl)CCCC1. The molecule has 88 valence electrons. The average molecular weight is 242 g/mol. The van der Waals surface area contributed by atoms with E-state index in [0.29, 0.717) is 23.6 Å². The van der Waals surface area contributed by atoms with E-state index in [1.165, 1.54) is 18.9 Å². The number of hydrogen-bond acceptors (Lipinski definition) is 1. The van der Waals surface area contributed by atoms with Crippen LogP contribution in [0.2, 0.25) is 5.02 Å². The first-order chi connectivity index (χ1) is 7.67. The van der Waals surface area contributed by atoms with Crippen molar-refractivity contribution in [1.29, 1.82) is 0 Å². The van der Waals surface area contributed by atoms with Gasteiger partial charge in [0, 0.05) is 10.6 Å². The summed E-state index contributed by atoms with van der Waals surface area (Å²) in [7, 11) is 0. The van der Waals surface area contributed by atoms with Gasteiger partial charge in [0.15, 0.2) is 0 Å². The van der Waals surface area contributed by atoms with E-state index in [1.807, 2.05) is 0 Å². The van der Waals surface area contributed by atoms with Crippen molar-refractivity contribution in [2.75, 3.05) is 6.54 Å². The lowest BCUT2D eigenvalue weighted by Crippen LogP contribution is -2.30. The van der Waals surface area contributed by atoms with E-state index in [-0.39, 0.29) is 11.2 Å². The minimum absolute atomic E-state index is 0.0752. The van der Waals surface area contributed by atoms with Gasteiger partial charge in [-0.25, -0.2) is 4.39 Å². The van der Waals surface area contributed by atoms with E-state index in [0.717, 1.165) is 12.8 Å². The molecular weight excluding hydrogens is 225 g/mol. The van der Waals surface area contributed by atoms with Crippen molar-refractivity contribution in [3.05, 3.63) is 34.6 Å². The standard InChI is InChI=1S/C13H17ClFN/c14-11-4-3-5-12(15)10(11)8-13(9-16)6-1-2-7-13/h3-5H,1-2,6-9,16H2. The second-order valence-corrected chi connectivity index (χ2v) is 5.20. The second-order valence-electron chi connectivity index (χ2n) is 4.79. The fourth-order valence-corrected chi connectivity index (χ4v) is 2.88. The van der Waals surface area contributed by atoms with Crippen LogP contribution in [0, 0.1) is 11.2 Å². The van der Waals surface area contributed by atoms with Gasteiger partial charge >= 0.3 is 0 Å². The molecule has 1 aliphatic rings. The van der Waals surface area contributed by atoms with Gasteiger partial charge in [-0.2, -0.15) is 0 Å². The molecular formula is C13H17ClFN. The summed E-state index contributed by atoms with van der Waals surface area (Å²) in [6.45, 7) is 0.623. The van der Waals surface area contributed by atoms with Gasteiger partial charge in [0.2, 0.25) is 0 Å². The molecule has 0 amide bonds. The predicted octanol–water partition coefficient (Wildman–Crippen LogP) is 3.54. The van der Waals surface area contributed by atoms with Crippen LogP contribution >= 0.6 is 11.6 Å². The Kier molecular flexibility index (Phi) is 3.50. The molecule has 0 saturated heterocycles. The number of benzene rings is 1. The highest BCUT2D eigenvalue weighted by Gasteiger charge is 2.33. The first-order valence-electron chi connectivity index (χ1n) is 5.80. The maximum absolute atomic E-state index is 13.7. The lowest BCUT2D eigenvalue weighted by atomic mass is 9.80. The van der Waals surface area contributed by atoms with Crippen LogP contribution in [0.1, 0.15) is 31.2 Å². The molecule has 1 saturated carbocycles. The summed E-state index contributed by atoms with van der Waals surface area (Å²) in [4.78, 5) is 0. The Labute approximate surface area is 101 Å². The van der Waals surface area contributed by atoms with E-state index in [4.69, 9.17) is 17.3 Å². The Morgan fingerprint density at radius 3 is 2.56 bits per heavy atom. The minimum atomic E-state index is -0.202. The highest BCUT2D eigenvalue weighted by atomic mass is 35.5. The average Bonchev–Trinajstić information content (AvgIpc) is 2.73. The van der Waals surface area contributed by atoms with Crippen molar-refractivity contribution in [3.8, 4) is 0 Å². The van der Waals surface area contributed by atoms with Gasteiger partial charge in [0.25, 0.3) is 0 Å². The molecule has 0 aliphatic heterocycles. The van der Waals surface area contributed by atoms with Crippen molar-refractivity contribution in [2.24, 2.45) is 11.1 Å². The molecule has 1 fully saturated rings. The molecule has 0 aromatic heterocycles. The third kappa shape index (κ3) is 2.23. The molecule has 2 N–H and O–H groups in total. The van der Waals surface area contributed by atoms with Gasteiger partial charge in [-0.1, -0.05) is 30.5 Å². The van der Waals surface area contributed by atoms with Gasteiger partial charge in [0.05, 0.1) is 0 Å². The van der Waals surface area contributed by atoms with Gasteiger partial charge in [-0.15, -0.1) is 0 Å². The third-order valence-electron chi connectivity index (χ3n) is 3.71. The largest absolute Gasteiger partial charge is 0.330 e. The quantitative estimate of drug-likeness (QED) is 0.861. The Hall–Kier alpha value is -0.600. The van der Waals surface area contributed by atoms with E-state index < -0.39 is 0 Å². The lowest BCUT2D eigenvalue weighted by molar-refractivity contribution is 0.302. The van der Waals surface area contributed by atoms with E-state index >= 15 is 0 Å². The Balaban J connectivity index is 2.25. The van der Waals surface area contributed by atoms with Crippen molar-refractivity contribution in [1.82, 2.24) is 0 Å². The molecule has 16 heavy (non-hydrogen) atoms. The van der Waals surface area contributed by atoms with Crippen molar-refractivity contribution in [2.45, 2.75) is 32.1 Å². The molecule has 1 aliphatic carbocycles. The van der Waals surface area contributed by atoms with Crippen LogP contribution in [0.5, 0.6) is 0 Å². The van der Waals surface area contributed by atoms with Crippen molar-refractivity contribution < 1.29 is 4.39 Å². The Morgan fingerprint density at radius 2 is 2.00 bits per heavy atom. The fourth-order valence-electron chi connectivity index (χ4n) is 2.65. The Morgan fingerprint density at radius 1 is 1.31 bits per heavy atom.